The summed E-state index contributed by atoms with van der Waals surface area (Å²) in [6.45, 7) is 7.27. The second-order valence-corrected chi connectivity index (χ2v) is 3.88. The van der Waals surface area contributed by atoms with E-state index in [1.165, 1.54) is 5.56 Å². The van der Waals surface area contributed by atoms with E-state index in [2.05, 4.69) is 35.0 Å². The van der Waals surface area contributed by atoms with Gasteiger partial charge in [0.05, 0.1) is 11.9 Å². The van der Waals surface area contributed by atoms with Gasteiger partial charge in [-0.1, -0.05) is 12.6 Å². The smallest absolute Gasteiger partial charge is 0.0570 e. The number of pyridine rings is 1. The Morgan fingerprint density at radius 2 is 2.35 bits per heavy atom. The van der Waals surface area contributed by atoms with Gasteiger partial charge in [0, 0.05) is 37.2 Å². The van der Waals surface area contributed by atoms with E-state index in [4.69, 9.17) is 0 Å². The number of aryl methyl sites for hydroxylation is 1. The second kappa shape index (κ2) is 5.41. The summed E-state index contributed by atoms with van der Waals surface area (Å²) in [6.07, 6.45) is 7.28. The van der Waals surface area contributed by atoms with Crippen LogP contribution in [0.3, 0.4) is 0 Å². The molecule has 0 atom stereocenters. The summed E-state index contributed by atoms with van der Waals surface area (Å²) in [5.41, 5.74) is 3.43. The Kier molecular flexibility index (Phi) is 3.67. The molecule has 2 rings (SSSR count). The van der Waals surface area contributed by atoms with Crippen LogP contribution in [0.2, 0.25) is 0 Å². The molecule has 0 saturated heterocycles. The van der Waals surface area contributed by atoms with E-state index in [1.807, 2.05) is 24.7 Å². The van der Waals surface area contributed by atoms with Crippen LogP contribution in [0.15, 0.2) is 37.3 Å². The van der Waals surface area contributed by atoms with Gasteiger partial charge in [0.1, 0.15) is 0 Å². The summed E-state index contributed by atoms with van der Waals surface area (Å²) in [5.74, 6) is 0. The van der Waals surface area contributed by atoms with E-state index >= 15 is 0 Å². The molecule has 2 heterocycles. The molecule has 0 bridgehead atoms. The van der Waals surface area contributed by atoms with Crippen LogP contribution in [-0.2, 0) is 13.1 Å². The van der Waals surface area contributed by atoms with Gasteiger partial charge in [0.15, 0.2) is 0 Å². The van der Waals surface area contributed by atoms with E-state index in [1.54, 1.807) is 10.9 Å². The summed E-state index contributed by atoms with van der Waals surface area (Å²) in [5, 5.41) is 7.47. The van der Waals surface area contributed by atoms with Crippen molar-refractivity contribution < 1.29 is 0 Å². The van der Waals surface area contributed by atoms with Gasteiger partial charge < -0.3 is 5.32 Å². The predicted molar refractivity (Wildman–Crippen MR) is 68.1 cm³/mol. The average molecular weight is 228 g/mol. The van der Waals surface area contributed by atoms with Gasteiger partial charge in [-0.3, -0.25) is 4.98 Å². The molecule has 0 aliphatic rings. The fraction of sp³-hybridized carbons (Fsp3) is 0.231. The third-order valence-electron chi connectivity index (χ3n) is 2.58. The van der Waals surface area contributed by atoms with Gasteiger partial charge in [-0.05, 0) is 18.6 Å². The monoisotopic (exact) mass is 228 g/mol. The van der Waals surface area contributed by atoms with E-state index < -0.39 is 0 Å². The number of nitrogens with one attached hydrogen (secondary N) is 1. The highest BCUT2D eigenvalue weighted by Crippen LogP contribution is 2.03. The van der Waals surface area contributed by atoms with E-state index in [-0.39, 0.29) is 0 Å². The Hall–Kier alpha value is -1.94. The molecule has 2 aromatic rings. The van der Waals surface area contributed by atoms with Gasteiger partial charge >= 0.3 is 0 Å². The van der Waals surface area contributed by atoms with Crippen molar-refractivity contribution in [3.63, 3.8) is 0 Å². The van der Waals surface area contributed by atoms with Gasteiger partial charge in [0.25, 0.3) is 0 Å². The minimum absolute atomic E-state index is 0.770. The van der Waals surface area contributed by atoms with Crippen LogP contribution in [0, 0.1) is 6.92 Å². The molecule has 0 spiro atoms. The van der Waals surface area contributed by atoms with Crippen molar-refractivity contribution in [2.24, 2.45) is 0 Å². The van der Waals surface area contributed by atoms with Crippen molar-refractivity contribution in [3.05, 3.63) is 54.1 Å². The van der Waals surface area contributed by atoms with Gasteiger partial charge in [0.2, 0.25) is 0 Å². The lowest BCUT2D eigenvalue weighted by molar-refractivity contribution is 0.676. The van der Waals surface area contributed by atoms with Gasteiger partial charge in [-0.25, -0.2) is 4.68 Å². The highest BCUT2D eigenvalue weighted by Gasteiger charge is 1.99. The fourth-order valence-electron chi connectivity index (χ4n) is 1.60. The van der Waals surface area contributed by atoms with E-state index in [0.717, 1.165) is 24.3 Å². The van der Waals surface area contributed by atoms with Crippen LogP contribution in [0.5, 0.6) is 0 Å². The highest BCUT2D eigenvalue weighted by atomic mass is 15.2. The maximum absolute atomic E-state index is 4.33. The first-order valence-electron chi connectivity index (χ1n) is 5.56. The predicted octanol–water partition coefficient (Wildman–Crippen LogP) is 1.98. The van der Waals surface area contributed by atoms with Crippen LogP contribution < -0.4 is 5.32 Å². The van der Waals surface area contributed by atoms with Crippen molar-refractivity contribution in [1.82, 2.24) is 20.1 Å². The van der Waals surface area contributed by atoms with E-state index in [9.17, 15) is 0 Å². The maximum Gasteiger partial charge on any atom is 0.0570 e. The Morgan fingerprint density at radius 1 is 1.47 bits per heavy atom. The number of nitrogens with zero attached hydrogens (tertiary/aromatic N) is 3. The van der Waals surface area contributed by atoms with Gasteiger partial charge in [-0.15, -0.1) is 0 Å². The molecule has 0 radical (unpaired) electrons. The normalized spacial score (nSPS) is 10.4. The molecule has 0 unspecified atom stereocenters. The number of hydrogen-bond donors (Lipinski definition) is 1. The molecule has 0 aliphatic heterocycles. The van der Waals surface area contributed by atoms with Crippen molar-refractivity contribution in [3.8, 4) is 0 Å². The molecule has 0 amide bonds. The number of hydrogen-bond acceptors (Lipinski definition) is 3. The van der Waals surface area contributed by atoms with Gasteiger partial charge in [-0.2, -0.15) is 5.10 Å². The SMILES string of the molecule is C=Cn1cc(CNCc2ncccc2C)cn1. The first kappa shape index (κ1) is 11.5. The summed E-state index contributed by atoms with van der Waals surface area (Å²) in [4.78, 5) is 4.33. The summed E-state index contributed by atoms with van der Waals surface area (Å²) >= 11 is 0. The van der Waals surface area contributed by atoms with Crippen LogP contribution in [0.4, 0.5) is 0 Å². The molecule has 0 saturated carbocycles. The van der Waals surface area contributed by atoms with Crippen molar-refractivity contribution in [1.29, 1.82) is 0 Å². The highest BCUT2D eigenvalue weighted by molar-refractivity contribution is 5.19. The zero-order chi connectivity index (χ0) is 12.1. The molecule has 0 aromatic carbocycles. The standard InChI is InChI=1S/C13H16N4/c1-3-17-10-12(8-16-17)7-14-9-13-11(2)5-4-6-15-13/h3-6,8,10,14H,1,7,9H2,2H3. The first-order chi connectivity index (χ1) is 8.29. The summed E-state index contributed by atoms with van der Waals surface area (Å²) in [7, 11) is 0. The fourth-order valence-corrected chi connectivity index (χ4v) is 1.60. The Balaban J connectivity index is 1.87. The molecule has 4 heteroatoms. The molecule has 17 heavy (non-hydrogen) atoms. The van der Waals surface area contributed by atoms with Crippen molar-refractivity contribution >= 4 is 6.20 Å². The average Bonchev–Trinajstić information content (AvgIpc) is 2.80. The molecular formula is C13H16N4. The molecule has 88 valence electrons. The molecule has 1 N–H and O–H groups in total. The summed E-state index contributed by atoms with van der Waals surface area (Å²) in [6, 6.07) is 4.02. The van der Waals surface area contributed by atoms with Crippen LogP contribution in [-0.4, -0.2) is 14.8 Å². The zero-order valence-electron chi connectivity index (χ0n) is 9.93. The minimum Gasteiger partial charge on any atom is -0.307 e. The maximum atomic E-state index is 4.33. The number of aromatic nitrogens is 3. The lowest BCUT2D eigenvalue weighted by atomic mass is 10.2. The largest absolute Gasteiger partial charge is 0.307 e. The molecular weight excluding hydrogens is 212 g/mol. The zero-order valence-corrected chi connectivity index (χ0v) is 9.93. The van der Waals surface area contributed by atoms with Crippen LogP contribution in [0.25, 0.3) is 6.20 Å². The molecule has 2 aromatic heterocycles. The first-order valence-corrected chi connectivity index (χ1v) is 5.56. The number of rotatable bonds is 5. The molecule has 0 aliphatic carbocycles. The second-order valence-electron chi connectivity index (χ2n) is 3.88. The summed E-state index contributed by atoms with van der Waals surface area (Å²) < 4.78 is 1.70. The lowest BCUT2D eigenvalue weighted by Gasteiger charge is -2.05. The Morgan fingerprint density at radius 3 is 3.06 bits per heavy atom. The van der Waals surface area contributed by atoms with E-state index in [0.29, 0.717) is 0 Å². The van der Waals surface area contributed by atoms with Crippen molar-refractivity contribution in [2.45, 2.75) is 20.0 Å². The molecule has 0 fully saturated rings. The third kappa shape index (κ3) is 3.01. The molecule has 4 nitrogen and oxygen atoms in total. The van der Waals surface area contributed by atoms with Crippen LogP contribution >= 0.6 is 0 Å². The third-order valence-corrected chi connectivity index (χ3v) is 2.58. The topological polar surface area (TPSA) is 42.7 Å². The lowest BCUT2D eigenvalue weighted by Crippen LogP contribution is -2.14. The Bertz CT molecular complexity index is 502. The van der Waals surface area contributed by atoms with Crippen LogP contribution in [0.1, 0.15) is 16.8 Å². The van der Waals surface area contributed by atoms with Crippen molar-refractivity contribution in [2.75, 3.05) is 0 Å². The quantitative estimate of drug-likeness (QED) is 0.851. The minimum atomic E-state index is 0.770. The Labute approximate surface area is 101 Å².